The Hall–Kier alpha value is -1.60. The summed E-state index contributed by atoms with van der Waals surface area (Å²) >= 11 is 0. The molecule has 0 saturated carbocycles. The summed E-state index contributed by atoms with van der Waals surface area (Å²) in [4.78, 5) is 12.0. The van der Waals surface area contributed by atoms with Crippen molar-refractivity contribution in [1.29, 1.82) is 0 Å². The van der Waals surface area contributed by atoms with Crippen LogP contribution in [0.15, 0.2) is 24.3 Å². The smallest absolute Gasteiger partial charge is 0.407 e. The molecule has 1 aliphatic rings. The first-order chi connectivity index (χ1) is 10.6. The van der Waals surface area contributed by atoms with Crippen molar-refractivity contribution in [3.05, 3.63) is 35.4 Å². The Morgan fingerprint density at radius 2 is 1.96 bits per heavy atom. The van der Waals surface area contributed by atoms with Crippen molar-refractivity contribution >= 4 is 16.2 Å². The van der Waals surface area contributed by atoms with E-state index in [2.05, 4.69) is 5.32 Å². The lowest BCUT2D eigenvalue weighted by atomic mass is 10.1. The van der Waals surface area contributed by atoms with Crippen LogP contribution in [-0.4, -0.2) is 31.9 Å². The normalized spacial score (nSPS) is 20.9. The molecule has 1 aromatic rings. The van der Waals surface area contributed by atoms with E-state index in [0.29, 0.717) is 6.42 Å². The molecule has 128 valence electrons. The third kappa shape index (κ3) is 4.68. The Bertz CT molecular complexity index is 678. The predicted molar refractivity (Wildman–Crippen MR) is 86.6 cm³/mol. The highest BCUT2D eigenvalue weighted by atomic mass is 32.2. The maximum Gasteiger partial charge on any atom is 0.407 e. The minimum Gasteiger partial charge on any atom is -0.444 e. The number of alkyl carbamates (subject to hydrolysis) is 1. The highest BCUT2D eigenvalue weighted by molar-refractivity contribution is 7.86. The van der Waals surface area contributed by atoms with Gasteiger partial charge in [0.2, 0.25) is 0 Å². The second-order valence-corrected chi connectivity index (χ2v) is 8.40. The average molecular weight is 341 g/mol. The van der Waals surface area contributed by atoms with Gasteiger partial charge < -0.3 is 10.1 Å². The number of fused-ring (bicyclic) bond motifs is 1. The zero-order valence-corrected chi connectivity index (χ0v) is 14.6. The first-order valence-corrected chi connectivity index (χ1v) is 9.17. The topological polar surface area (TPSA) is 81.7 Å². The van der Waals surface area contributed by atoms with Crippen LogP contribution in [0.3, 0.4) is 0 Å². The number of ether oxygens (including phenoxy) is 1. The number of carbonyl (C=O) groups excluding carboxylic acids is 1. The SMILES string of the molecule is CCS(=O)(=O)OC1c2ccccc2CC1NC(=O)OC(C)(C)C. The van der Waals surface area contributed by atoms with Crippen molar-refractivity contribution in [2.24, 2.45) is 0 Å². The quantitative estimate of drug-likeness (QED) is 0.851. The zero-order valence-electron chi connectivity index (χ0n) is 13.8. The van der Waals surface area contributed by atoms with Crippen LogP contribution in [0.4, 0.5) is 4.79 Å². The standard InChI is InChI=1S/C16H23NO5S/c1-5-23(19,20)22-14-12-9-7-6-8-11(12)10-13(14)17-15(18)21-16(2,3)4/h6-9,13-14H,5,10H2,1-4H3,(H,17,18). The summed E-state index contributed by atoms with van der Waals surface area (Å²) in [6.45, 7) is 6.83. The van der Waals surface area contributed by atoms with Crippen LogP contribution < -0.4 is 5.32 Å². The van der Waals surface area contributed by atoms with Gasteiger partial charge in [-0.15, -0.1) is 0 Å². The van der Waals surface area contributed by atoms with E-state index in [-0.39, 0.29) is 5.75 Å². The third-order valence-corrected chi connectivity index (χ3v) is 4.68. The molecule has 7 heteroatoms. The van der Waals surface area contributed by atoms with Gasteiger partial charge >= 0.3 is 6.09 Å². The molecule has 6 nitrogen and oxygen atoms in total. The van der Waals surface area contributed by atoms with Crippen molar-refractivity contribution in [1.82, 2.24) is 5.32 Å². The Balaban J connectivity index is 2.20. The lowest BCUT2D eigenvalue weighted by Gasteiger charge is -2.24. The van der Waals surface area contributed by atoms with Crippen LogP contribution in [0.5, 0.6) is 0 Å². The van der Waals surface area contributed by atoms with Gasteiger partial charge in [0.05, 0.1) is 11.8 Å². The lowest BCUT2D eigenvalue weighted by Crippen LogP contribution is -2.42. The van der Waals surface area contributed by atoms with Crippen molar-refractivity contribution in [3.63, 3.8) is 0 Å². The molecule has 0 heterocycles. The van der Waals surface area contributed by atoms with Gasteiger partial charge in [0.1, 0.15) is 11.7 Å². The molecule has 0 bridgehead atoms. The van der Waals surface area contributed by atoms with E-state index in [0.717, 1.165) is 11.1 Å². The average Bonchev–Trinajstić information content (AvgIpc) is 2.74. The molecule has 0 fully saturated rings. The van der Waals surface area contributed by atoms with E-state index in [1.807, 2.05) is 24.3 Å². The summed E-state index contributed by atoms with van der Waals surface area (Å²) in [6, 6.07) is 6.94. The summed E-state index contributed by atoms with van der Waals surface area (Å²) in [5.74, 6) is -0.120. The van der Waals surface area contributed by atoms with Crippen LogP contribution in [0.2, 0.25) is 0 Å². The fourth-order valence-corrected chi connectivity index (χ4v) is 3.18. The number of amides is 1. The summed E-state index contributed by atoms with van der Waals surface area (Å²) in [7, 11) is -3.64. The highest BCUT2D eigenvalue weighted by Gasteiger charge is 2.37. The maximum absolute atomic E-state index is 12.0. The van der Waals surface area contributed by atoms with E-state index in [4.69, 9.17) is 8.92 Å². The summed E-state index contributed by atoms with van der Waals surface area (Å²) in [5.41, 5.74) is 1.12. The number of hydrogen-bond acceptors (Lipinski definition) is 5. The number of hydrogen-bond donors (Lipinski definition) is 1. The summed E-state index contributed by atoms with van der Waals surface area (Å²) in [5, 5.41) is 2.73. The van der Waals surface area contributed by atoms with Crippen LogP contribution >= 0.6 is 0 Å². The molecule has 0 aromatic heterocycles. The Morgan fingerprint density at radius 3 is 2.57 bits per heavy atom. The number of rotatable bonds is 4. The number of benzene rings is 1. The van der Waals surface area contributed by atoms with Crippen LogP contribution in [0.25, 0.3) is 0 Å². The molecule has 0 aliphatic heterocycles. The molecular weight excluding hydrogens is 318 g/mol. The van der Waals surface area contributed by atoms with E-state index < -0.39 is 34.0 Å². The van der Waals surface area contributed by atoms with E-state index in [9.17, 15) is 13.2 Å². The van der Waals surface area contributed by atoms with Crippen LogP contribution in [-0.2, 0) is 25.5 Å². The molecule has 0 saturated heterocycles. The highest BCUT2D eigenvalue weighted by Crippen LogP contribution is 2.35. The third-order valence-electron chi connectivity index (χ3n) is 3.47. The molecule has 2 atom stereocenters. The Morgan fingerprint density at radius 1 is 1.30 bits per heavy atom. The van der Waals surface area contributed by atoms with E-state index >= 15 is 0 Å². The second kappa shape index (κ2) is 6.49. The molecule has 0 spiro atoms. The number of carbonyl (C=O) groups is 1. The van der Waals surface area contributed by atoms with Crippen molar-refractivity contribution in [2.75, 3.05) is 5.75 Å². The monoisotopic (exact) mass is 341 g/mol. The fourth-order valence-electron chi connectivity index (χ4n) is 2.49. The minimum absolute atomic E-state index is 0.120. The largest absolute Gasteiger partial charge is 0.444 e. The fraction of sp³-hybridized carbons (Fsp3) is 0.562. The van der Waals surface area contributed by atoms with Gasteiger partial charge in [0, 0.05) is 0 Å². The molecule has 1 N–H and O–H groups in total. The van der Waals surface area contributed by atoms with Crippen molar-refractivity contribution < 1.29 is 22.1 Å². The first kappa shape index (κ1) is 17.7. The summed E-state index contributed by atoms with van der Waals surface area (Å²) in [6.07, 6.45) is -0.819. The number of nitrogens with one attached hydrogen (secondary N) is 1. The zero-order chi connectivity index (χ0) is 17.3. The van der Waals surface area contributed by atoms with Gasteiger partial charge in [-0.1, -0.05) is 24.3 Å². The Kier molecular flexibility index (Phi) is 5.01. The van der Waals surface area contributed by atoms with Crippen LogP contribution in [0.1, 0.15) is 44.9 Å². The first-order valence-electron chi connectivity index (χ1n) is 7.59. The predicted octanol–water partition coefficient (Wildman–Crippen LogP) is 2.54. The molecule has 1 amide bonds. The van der Waals surface area contributed by atoms with E-state index in [1.54, 1.807) is 20.8 Å². The minimum atomic E-state index is -3.64. The Labute approximate surface area is 137 Å². The van der Waals surface area contributed by atoms with Gasteiger partial charge in [0.25, 0.3) is 10.1 Å². The molecule has 2 rings (SSSR count). The lowest BCUT2D eigenvalue weighted by molar-refractivity contribution is 0.0458. The second-order valence-electron chi connectivity index (χ2n) is 6.52. The molecule has 1 aliphatic carbocycles. The van der Waals surface area contributed by atoms with Gasteiger partial charge in [-0.3, -0.25) is 4.18 Å². The maximum atomic E-state index is 12.0. The molecule has 0 radical (unpaired) electrons. The van der Waals surface area contributed by atoms with E-state index in [1.165, 1.54) is 6.92 Å². The van der Waals surface area contributed by atoms with Crippen LogP contribution in [0, 0.1) is 0 Å². The van der Waals surface area contributed by atoms with Crippen molar-refractivity contribution in [2.45, 2.75) is 51.9 Å². The van der Waals surface area contributed by atoms with Gasteiger partial charge in [-0.25, -0.2) is 4.79 Å². The van der Waals surface area contributed by atoms with Gasteiger partial charge in [0.15, 0.2) is 0 Å². The molecular formula is C16H23NO5S. The van der Waals surface area contributed by atoms with Gasteiger partial charge in [-0.2, -0.15) is 8.42 Å². The van der Waals surface area contributed by atoms with Gasteiger partial charge in [-0.05, 0) is 45.2 Å². The molecule has 2 unspecified atom stereocenters. The molecule has 23 heavy (non-hydrogen) atoms. The summed E-state index contributed by atoms with van der Waals surface area (Å²) < 4.78 is 34.3. The molecule has 1 aromatic carbocycles. The van der Waals surface area contributed by atoms with Crippen molar-refractivity contribution in [3.8, 4) is 0 Å².